The van der Waals surface area contributed by atoms with Crippen molar-refractivity contribution in [3.8, 4) is 22.8 Å². The van der Waals surface area contributed by atoms with Gasteiger partial charge in [0, 0.05) is 15.4 Å². The van der Waals surface area contributed by atoms with Crippen molar-refractivity contribution >= 4 is 38.6 Å². The second-order valence-electron chi connectivity index (χ2n) is 5.03. The van der Waals surface area contributed by atoms with Gasteiger partial charge in [0.15, 0.2) is 11.5 Å². The van der Waals surface area contributed by atoms with Gasteiger partial charge in [0.1, 0.15) is 0 Å². The second-order valence-corrected chi connectivity index (χ2v) is 6.80. The smallest absolute Gasteiger partial charge is 0.203 e. The molecule has 0 aliphatic carbocycles. The van der Waals surface area contributed by atoms with Gasteiger partial charge in [-0.05, 0) is 35.9 Å². The van der Waals surface area contributed by atoms with E-state index in [9.17, 15) is 0 Å². The molecule has 3 aromatic rings. The highest BCUT2D eigenvalue weighted by Crippen LogP contribution is 2.27. The third-order valence-corrected chi connectivity index (χ3v) is 4.70. The summed E-state index contributed by atoms with van der Waals surface area (Å²) in [7, 11) is 3.22. The molecule has 128 valence electrons. The van der Waals surface area contributed by atoms with E-state index in [1.54, 1.807) is 20.4 Å². The number of rotatable bonds is 6. The summed E-state index contributed by atoms with van der Waals surface area (Å²) in [5, 5.41) is 6.96. The lowest BCUT2D eigenvalue weighted by Gasteiger charge is -2.07. The number of nitrogens with one attached hydrogen (secondary N) is 1. The molecule has 0 aliphatic rings. The lowest BCUT2D eigenvalue weighted by molar-refractivity contribution is 0.355. The largest absolute Gasteiger partial charge is 0.493 e. The fourth-order valence-electron chi connectivity index (χ4n) is 2.17. The Hall–Kier alpha value is -2.38. The van der Waals surface area contributed by atoms with Gasteiger partial charge in [-0.3, -0.25) is 5.43 Å². The van der Waals surface area contributed by atoms with E-state index in [1.807, 2.05) is 47.8 Å². The number of benzene rings is 2. The van der Waals surface area contributed by atoms with Gasteiger partial charge in [0.25, 0.3) is 0 Å². The molecule has 0 aliphatic heterocycles. The first-order valence-electron chi connectivity index (χ1n) is 7.42. The summed E-state index contributed by atoms with van der Waals surface area (Å²) in [6.45, 7) is 0. The number of methoxy groups -OCH3 is 2. The summed E-state index contributed by atoms with van der Waals surface area (Å²) in [4.78, 5) is 4.54. The number of thiazole rings is 1. The SMILES string of the molecule is COc1ccc(/C=N\Nc2nc(-c3ccc(Br)cc3)cs2)cc1OC. The molecule has 1 N–H and O–H groups in total. The minimum atomic E-state index is 0.665. The second kappa shape index (κ2) is 8.13. The fraction of sp³-hybridized carbons (Fsp3) is 0.111. The molecule has 0 spiro atoms. The summed E-state index contributed by atoms with van der Waals surface area (Å²) < 4.78 is 11.5. The van der Waals surface area contributed by atoms with Crippen molar-refractivity contribution in [1.82, 2.24) is 4.98 Å². The normalized spacial score (nSPS) is 10.8. The van der Waals surface area contributed by atoms with E-state index in [-0.39, 0.29) is 0 Å². The van der Waals surface area contributed by atoms with Crippen LogP contribution in [0.25, 0.3) is 11.3 Å². The Bertz CT molecular complexity index is 878. The van der Waals surface area contributed by atoms with E-state index in [0.717, 1.165) is 26.4 Å². The Morgan fingerprint density at radius 2 is 1.84 bits per heavy atom. The Morgan fingerprint density at radius 1 is 1.08 bits per heavy atom. The van der Waals surface area contributed by atoms with Gasteiger partial charge in [-0.15, -0.1) is 11.3 Å². The lowest BCUT2D eigenvalue weighted by atomic mass is 10.2. The van der Waals surface area contributed by atoms with Crippen LogP contribution < -0.4 is 14.9 Å². The van der Waals surface area contributed by atoms with E-state index < -0.39 is 0 Å². The highest BCUT2D eigenvalue weighted by molar-refractivity contribution is 9.10. The highest BCUT2D eigenvalue weighted by Gasteiger charge is 2.05. The number of hydrazone groups is 1. The molecule has 3 rings (SSSR count). The molecule has 5 nitrogen and oxygen atoms in total. The van der Waals surface area contributed by atoms with E-state index in [2.05, 4.69) is 31.4 Å². The van der Waals surface area contributed by atoms with Crippen LogP contribution in [0, 0.1) is 0 Å². The minimum absolute atomic E-state index is 0.665. The van der Waals surface area contributed by atoms with Crippen LogP contribution in [0.2, 0.25) is 0 Å². The molecule has 1 aromatic heterocycles. The van der Waals surface area contributed by atoms with Crippen LogP contribution in [-0.2, 0) is 0 Å². The molecule has 0 fully saturated rings. The number of ether oxygens (including phenoxy) is 2. The summed E-state index contributed by atoms with van der Waals surface area (Å²) in [6.07, 6.45) is 1.71. The van der Waals surface area contributed by atoms with Gasteiger partial charge in [0.05, 0.1) is 26.1 Å². The van der Waals surface area contributed by atoms with Crippen molar-refractivity contribution in [3.05, 3.63) is 57.9 Å². The van der Waals surface area contributed by atoms with E-state index in [0.29, 0.717) is 11.5 Å². The monoisotopic (exact) mass is 417 g/mol. The van der Waals surface area contributed by atoms with Crippen molar-refractivity contribution in [1.29, 1.82) is 0 Å². The minimum Gasteiger partial charge on any atom is -0.493 e. The predicted octanol–water partition coefficient (Wildman–Crippen LogP) is 5.04. The molecule has 7 heteroatoms. The molecule has 0 amide bonds. The Kier molecular flexibility index (Phi) is 5.67. The van der Waals surface area contributed by atoms with Gasteiger partial charge in [-0.25, -0.2) is 4.98 Å². The first-order valence-corrected chi connectivity index (χ1v) is 9.09. The zero-order chi connectivity index (χ0) is 17.6. The van der Waals surface area contributed by atoms with Gasteiger partial charge in [0.2, 0.25) is 5.13 Å². The van der Waals surface area contributed by atoms with Crippen LogP contribution in [0.3, 0.4) is 0 Å². The first-order chi connectivity index (χ1) is 12.2. The molecule has 0 unspecified atom stereocenters. The van der Waals surface area contributed by atoms with Gasteiger partial charge < -0.3 is 9.47 Å². The fourth-order valence-corrected chi connectivity index (χ4v) is 3.11. The summed E-state index contributed by atoms with van der Waals surface area (Å²) >= 11 is 4.94. The zero-order valence-corrected chi connectivity index (χ0v) is 16.1. The highest BCUT2D eigenvalue weighted by atomic mass is 79.9. The maximum atomic E-state index is 5.28. The van der Waals surface area contributed by atoms with Crippen molar-refractivity contribution in [2.45, 2.75) is 0 Å². The van der Waals surface area contributed by atoms with Gasteiger partial charge in [-0.2, -0.15) is 5.10 Å². The first kappa shape index (κ1) is 17.4. The molecule has 2 aromatic carbocycles. The molecule has 0 bridgehead atoms. The Balaban J connectivity index is 1.67. The maximum Gasteiger partial charge on any atom is 0.203 e. The zero-order valence-electron chi connectivity index (χ0n) is 13.7. The number of aromatic nitrogens is 1. The molecule has 0 saturated heterocycles. The van der Waals surface area contributed by atoms with Crippen LogP contribution in [0.4, 0.5) is 5.13 Å². The number of halogens is 1. The Labute approximate surface area is 158 Å². The molecule has 0 atom stereocenters. The van der Waals surface area contributed by atoms with Gasteiger partial charge in [-0.1, -0.05) is 28.1 Å². The van der Waals surface area contributed by atoms with Crippen molar-refractivity contribution in [2.75, 3.05) is 19.6 Å². The molecule has 0 saturated carbocycles. The lowest BCUT2D eigenvalue weighted by Crippen LogP contribution is -1.93. The summed E-state index contributed by atoms with van der Waals surface area (Å²) in [6, 6.07) is 13.6. The molecule has 1 heterocycles. The topological polar surface area (TPSA) is 55.7 Å². The third kappa shape index (κ3) is 4.37. The quantitative estimate of drug-likeness (QED) is 0.450. The van der Waals surface area contributed by atoms with Gasteiger partial charge >= 0.3 is 0 Å². The van der Waals surface area contributed by atoms with Crippen molar-refractivity contribution in [2.24, 2.45) is 5.10 Å². The standard InChI is InChI=1S/C18H16BrN3O2S/c1-23-16-8-3-12(9-17(16)24-2)10-20-22-18-21-15(11-25-18)13-4-6-14(19)7-5-13/h3-11H,1-2H3,(H,21,22)/b20-10-. The van der Waals surface area contributed by atoms with E-state index >= 15 is 0 Å². The van der Waals surface area contributed by atoms with Crippen LogP contribution >= 0.6 is 27.3 Å². The molecule has 0 radical (unpaired) electrons. The molecule has 25 heavy (non-hydrogen) atoms. The van der Waals surface area contributed by atoms with Crippen molar-refractivity contribution < 1.29 is 9.47 Å². The summed E-state index contributed by atoms with van der Waals surface area (Å²) in [5.74, 6) is 1.35. The predicted molar refractivity (Wildman–Crippen MR) is 106 cm³/mol. The van der Waals surface area contributed by atoms with Crippen LogP contribution in [0.1, 0.15) is 5.56 Å². The average molecular weight is 418 g/mol. The van der Waals surface area contributed by atoms with E-state index in [1.165, 1.54) is 11.3 Å². The molecular weight excluding hydrogens is 402 g/mol. The van der Waals surface area contributed by atoms with Crippen LogP contribution in [0.15, 0.2) is 57.4 Å². The Morgan fingerprint density at radius 3 is 2.56 bits per heavy atom. The maximum absolute atomic E-state index is 5.28. The van der Waals surface area contributed by atoms with Crippen LogP contribution in [-0.4, -0.2) is 25.4 Å². The number of nitrogens with zero attached hydrogens (tertiary/aromatic N) is 2. The average Bonchev–Trinajstić information content (AvgIpc) is 3.11. The number of anilines is 1. The third-order valence-electron chi connectivity index (χ3n) is 3.43. The molecular formula is C18H16BrN3O2S. The number of hydrogen-bond donors (Lipinski definition) is 1. The van der Waals surface area contributed by atoms with Crippen molar-refractivity contribution in [3.63, 3.8) is 0 Å². The van der Waals surface area contributed by atoms with Crippen LogP contribution in [0.5, 0.6) is 11.5 Å². The summed E-state index contributed by atoms with van der Waals surface area (Å²) in [5.41, 5.74) is 5.84. The number of hydrogen-bond acceptors (Lipinski definition) is 6. The van der Waals surface area contributed by atoms with E-state index in [4.69, 9.17) is 9.47 Å².